The molecule has 0 saturated carbocycles. The predicted molar refractivity (Wildman–Crippen MR) is 89.0 cm³/mol. The standard InChI is InChI=1S/C16H19N3O2S/c1-11-9-14(22-12(11)2)16(20)18-13-3-4-15(17-10-13)19-5-7-21-8-6-19/h3-4,9-10H,5-8H2,1-2H3,(H,18,20). The molecule has 5 nitrogen and oxygen atoms in total. The zero-order chi connectivity index (χ0) is 15.5. The van der Waals surface area contributed by atoms with Gasteiger partial charge in [0.25, 0.3) is 5.91 Å². The molecule has 1 N–H and O–H groups in total. The van der Waals surface area contributed by atoms with Crippen molar-refractivity contribution in [2.45, 2.75) is 13.8 Å². The molecule has 22 heavy (non-hydrogen) atoms. The number of nitrogens with one attached hydrogen (secondary N) is 1. The fourth-order valence-electron chi connectivity index (χ4n) is 2.32. The number of nitrogens with zero attached hydrogens (tertiary/aromatic N) is 2. The van der Waals surface area contributed by atoms with Crippen LogP contribution in [0.2, 0.25) is 0 Å². The number of hydrogen-bond donors (Lipinski definition) is 1. The van der Waals surface area contributed by atoms with E-state index < -0.39 is 0 Å². The van der Waals surface area contributed by atoms with E-state index in [1.54, 1.807) is 6.20 Å². The minimum Gasteiger partial charge on any atom is -0.378 e. The molecule has 1 aliphatic heterocycles. The number of hydrogen-bond acceptors (Lipinski definition) is 5. The third-order valence-electron chi connectivity index (χ3n) is 3.73. The van der Waals surface area contributed by atoms with E-state index in [1.165, 1.54) is 16.2 Å². The molecule has 3 heterocycles. The third-order valence-corrected chi connectivity index (χ3v) is 4.88. The highest BCUT2D eigenvalue weighted by Gasteiger charge is 2.13. The molecule has 0 spiro atoms. The third kappa shape index (κ3) is 3.28. The van der Waals surface area contributed by atoms with Crippen LogP contribution in [-0.4, -0.2) is 37.2 Å². The van der Waals surface area contributed by atoms with Crippen molar-refractivity contribution in [2.75, 3.05) is 36.5 Å². The Kier molecular flexibility index (Phi) is 4.40. The van der Waals surface area contributed by atoms with Crippen molar-refractivity contribution in [3.8, 4) is 0 Å². The van der Waals surface area contributed by atoms with Gasteiger partial charge >= 0.3 is 0 Å². The van der Waals surface area contributed by atoms with Crippen LogP contribution in [0.3, 0.4) is 0 Å². The molecule has 2 aromatic rings. The van der Waals surface area contributed by atoms with Crippen molar-refractivity contribution >= 4 is 28.7 Å². The minimum atomic E-state index is -0.0814. The molecule has 1 amide bonds. The Morgan fingerprint density at radius 1 is 1.32 bits per heavy atom. The van der Waals surface area contributed by atoms with Crippen LogP contribution in [0.15, 0.2) is 24.4 Å². The molecule has 0 atom stereocenters. The highest BCUT2D eigenvalue weighted by Crippen LogP contribution is 2.22. The quantitative estimate of drug-likeness (QED) is 0.946. The molecular formula is C16H19N3O2S. The van der Waals surface area contributed by atoms with Crippen LogP contribution in [0.4, 0.5) is 11.5 Å². The molecule has 0 aliphatic carbocycles. The van der Waals surface area contributed by atoms with E-state index in [9.17, 15) is 4.79 Å². The Morgan fingerprint density at radius 2 is 2.09 bits per heavy atom. The Hall–Kier alpha value is -1.92. The molecule has 0 unspecified atom stereocenters. The fourth-order valence-corrected chi connectivity index (χ4v) is 3.25. The maximum atomic E-state index is 12.2. The number of morpholine rings is 1. The molecule has 0 bridgehead atoms. The number of amides is 1. The average molecular weight is 317 g/mol. The van der Waals surface area contributed by atoms with Crippen LogP contribution in [0.1, 0.15) is 20.1 Å². The second kappa shape index (κ2) is 6.46. The summed E-state index contributed by atoms with van der Waals surface area (Å²) in [6.45, 7) is 7.21. The lowest BCUT2D eigenvalue weighted by Crippen LogP contribution is -2.36. The van der Waals surface area contributed by atoms with Crippen LogP contribution in [0.5, 0.6) is 0 Å². The van der Waals surface area contributed by atoms with E-state index in [2.05, 4.69) is 15.2 Å². The SMILES string of the molecule is Cc1cc(C(=O)Nc2ccc(N3CCOCC3)nc2)sc1C. The first-order chi connectivity index (χ1) is 10.6. The monoisotopic (exact) mass is 317 g/mol. The highest BCUT2D eigenvalue weighted by molar-refractivity contribution is 7.14. The first-order valence-corrected chi connectivity index (χ1v) is 8.12. The number of pyridine rings is 1. The van der Waals surface area contributed by atoms with Crippen LogP contribution < -0.4 is 10.2 Å². The number of anilines is 2. The van der Waals surface area contributed by atoms with E-state index in [0.29, 0.717) is 5.69 Å². The lowest BCUT2D eigenvalue weighted by atomic mass is 10.3. The van der Waals surface area contributed by atoms with Crippen molar-refractivity contribution in [1.29, 1.82) is 0 Å². The normalized spacial score (nSPS) is 14.9. The average Bonchev–Trinajstić information content (AvgIpc) is 2.88. The molecule has 1 aliphatic rings. The van der Waals surface area contributed by atoms with Crippen molar-refractivity contribution in [3.05, 3.63) is 39.7 Å². The van der Waals surface area contributed by atoms with Gasteiger partial charge in [0.05, 0.1) is 30.0 Å². The van der Waals surface area contributed by atoms with Gasteiger partial charge in [-0.2, -0.15) is 0 Å². The maximum Gasteiger partial charge on any atom is 0.265 e. The van der Waals surface area contributed by atoms with E-state index in [-0.39, 0.29) is 5.91 Å². The summed E-state index contributed by atoms with van der Waals surface area (Å²) in [7, 11) is 0. The number of carbonyl (C=O) groups excluding carboxylic acids is 1. The first-order valence-electron chi connectivity index (χ1n) is 7.30. The molecule has 116 valence electrons. The molecule has 6 heteroatoms. The van der Waals surface area contributed by atoms with Gasteiger partial charge in [-0.15, -0.1) is 11.3 Å². The Labute approximate surface area is 133 Å². The lowest BCUT2D eigenvalue weighted by molar-refractivity contribution is 0.103. The second-order valence-electron chi connectivity index (χ2n) is 5.31. The van der Waals surface area contributed by atoms with Crippen molar-refractivity contribution in [2.24, 2.45) is 0 Å². The van der Waals surface area contributed by atoms with Gasteiger partial charge < -0.3 is 15.0 Å². The van der Waals surface area contributed by atoms with Gasteiger partial charge in [0.1, 0.15) is 5.82 Å². The van der Waals surface area contributed by atoms with Crippen LogP contribution >= 0.6 is 11.3 Å². The summed E-state index contributed by atoms with van der Waals surface area (Å²) in [5.41, 5.74) is 1.86. The smallest absolute Gasteiger partial charge is 0.265 e. The number of thiophene rings is 1. The predicted octanol–water partition coefficient (Wildman–Crippen LogP) is 2.85. The van der Waals surface area contributed by atoms with E-state index in [1.807, 2.05) is 32.0 Å². The molecule has 0 radical (unpaired) electrons. The topological polar surface area (TPSA) is 54.5 Å². The molecule has 3 rings (SSSR count). The number of aromatic nitrogens is 1. The van der Waals surface area contributed by atoms with Crippen molar-refractivity contribution in [1.82, 2.24) is 4.98 Å². The van der Waals surface area contributed by atoms with Gasteiger partial charge in [-0.3, -0.25) is 4.79 Å². The maximum absolute atomic E-state index is 12.2. The zero-order valence-electron chi connectivity index (χ0n) is 12.8. The molecular weight excluding hydrogens is 298 g/mol. The van der Waals surface area contributed by atoms with Gasteiger partial charge in [0, 0.05) is 18.0 Å². The molecule has 2 aromatic heterocycles. The molecule has 0 aromatic carbocycles. The summed E-state index contributed by atoms with van der Waals surface area (Å²) >= 11 is 1.51. The number of ether oxygens (including phenoxy) is 1. The van der Waals surface area contributed by atoms with Crippen LogP contribution in [-0.2, 0) is 4.74 Å². The number of carbonyl (C=O) groups is 1. The number of rotatable bonds is 3. The summed E-state index contributed by atoms with van der Waals surface area (Å²) in [6.07, 6.45) is 1.70. The summed E-state index contributed by atoms with van der Waals surface area (Å²) in [5.74, 6) is 0.839. The molecule has 1 saturated heterocycles. The Morgan fingerprint density at radius 3 is 2.68 bits per heavy atom. The Bertz CT molecular complexity index is 641. The van der Waals surface area contributed by atoms with Gasteiger partial charge in [-0.25, -0.2) is 4.98 Å². The van der Waals surface area contributed by atoms with E-state index in [0.717, 1.165) is 42.6 Å². The minimum absolute atomic E-state index is 0.0814. The summed E-state index contributed by atoms with van der Waals surface area (Å²) in [6, 6.07) is 5.75. The lowest BCUT2D eigenvalue weighted by Gasteiger charge is -2.27. The number of aryl methyl sites for hydroxylation is 2. The van der Waals surface area contributed by atoms with Gasteiger partial charge in [-0.05, 0) is 37.6 Å². The first kappa shape index (κ1) is 15.0. The van der Waals surface area contributed by atoms with Gasteiger partial charge in [0.15, 0.2) is 0 Å². The summed E-state index contributed by atoms with van der Waals surface area (Å²) < 4.78 is 5.33. The fraction of sp³-hybridized carbons (Fsp3) is 0.375. The van der Waals surface area contributed by atoms with E-state index >= 15 is 0 Å². The zero-order valence-corrected chi connectivity index (χ0v) is 13.6. The Balaban J connectivity index is 1.66. The molecule has 1 fully saturated rings. The van der Waals surface area contributed by atoms with Crippen molar-refractivity contribution in [3.63, 3.8) is 0 Å². The van der Waals surface area contributed by atoms with Crippen LogP contribution in [0, 0.1) is 13.8 Å². The summed E-state index contributed by atoms with van der Waals surface area (Å²) in [4.78, 5) is 20.7. The second-order valence-corrected chi connectivity index (χ2v) is 6.56. The summed E-state index contributed by atoms with van der Waals surface area (Å²) in [5, 5.41) is 2.89. The van der Waals surface area contributed by atoms with Gasteiger partial charge in [-0.1, -0.05) is 0 Å². The largest absolute Gasteiger partial charge is 0.378 e. The van der Waals surface area contributed by atoms with Gasteiger partial charge in [0.2, 0.25) is 0 Å². The highest BCUT2D eigenvalue weighted by atomic mass is 32.1. The van der Waals surface area contributed by atoms with Crippen molar-refractivity contribution < 1.29 is 9.53 Å². The van der Waals surface area contributed by atoms with Crippen LogP contribution in [0.25, 0.3) is 0 Å². The van der Waals surface area contributed by atoms with E-state index in [4.69, 9.17) is 4.74 Å².